The molecule has 0 saturated carbocycles. The number of aromatic nitrogens is 3. The Balaban J connectivity index is 0.000000698. The van der Waals surface area contributed by atoms with Crippen molar-refractivity contribution >= 4 is 29.0 Å². The number of halogens is 3. The van der Waals surface area contributed by atoms with Crippen LogP contribution in [0.2, 0.25) is 0 Å². The summed E-state index contributed by atoms with van der Waals surface area (Å²) in [6.45, 7) is 2.75. The Labute approximate surface area is 280 Å². The second kappa shape index (κ2) is 15.5. The van der Waals surface area contributed by atoms with Gasteiger partial charge in [-0.2, -0.15) is 13.2 Å². The summed E-state index contributed by atoms with van der Waals surface area (Å²) in [5.74, 6) is -0.154. The first-order valence-corrected chi connectivity index (χ1v) is 15.1. The predicted molar refractivity (Wildman–Crippen MR) is 177 cm³/mol. The third-order valence-corrected chi connectivity index (χ3v) is 8.04. The molecule has 3 heterocycles. The standard InChI is InChI=1S/C30H37N9O3.C2HF3O2/c1-41-25-17-21(19-7-11-37(12-8-19)29(31)32)3-5-23(25)27-35-36-28(39(27)15-16-40)24-6-4-22(18-26(24)42-2)20-9-13-38(14-10-20)30(33)34;3-2(4,5)1(6)7/h3-7,9,17-18,40H,8,10-16H2,1-2H3,(H3,31,32)(H3,33,34);(H,6,7). The fraction of sp³-hybridized carbons (Fsp3) is 0.344. The number of aliphatic hydroxyl groups excluding tert-OH is 1. The number of nitrogens with two attached hydrogens (primary N) is 2. The van der Waals surface area contributed by atoms with Gasteiger partial charge in [0, 0.05) is 32.7 Å². The third-order valence-electron chi connectivity index (χ3n) is 8.04. The van der Waals surface area contributed by atoms with Crippen LogP contribution in [0, 0.1) is 10.8 Å². The van der Waals surface area contributed by atoms with E-state index in [1.165, 1.54) is 11.1 Å². The van der Waals surface area contributed by atoms with Crippen molar-refractivity contribution in [1.82, 2.24) is 24.6 Å². The van der Waals surface area contributed by atoms with Gasteiger partial charge >= 0.3 is 12.1 Å². The largest absolute Gasteiger partial charge is 0.496 e. The first kappa shape index (κ1) is 36.3. The van der Waals surface area contributed by atoms with E-state index in [-0.39, 0.29) is 25.1 Å². The lowest BCUT2D eigenvalue weighted by molar-refractivity contribution is -0.192. The van der Waals surface area contributed by atoms with Gasteiger partial charge in [0.25, 0.3) is 0 Å². The summed E-state index contributed by atoms with van der Waals surface area (Å²) in [4.78, 5) is 12.5. The highest BCUT2D eigenvalue weighted by molar-refractivity contribution is 5.80. The van der Waals surface area contributed by atoms with Crippen LogP contribution in [0.25, 0.3) is 33.9 Å². The highest BCUT2D eigenvalue weighted by Gasteiger charge is 2.38. The minimum Gasteiger partial charge on any atom is -0.496 e. The molecule has 49 heavy (non-hydrogen) atoms. The summed E-state index contributed by atoms with van der Waals surface area (Å²) < 4.78 is 45.2. The minimum absolute atomic E-state index is 0.0793. The number of carboxylic acid groups (broad SMARTS) is 1. The smallest absolute Gasteiger partial charge is 0.490 e. The highest BCUT2D eigenvalue weighted by Crippen LogP contribution is 2.38. The van der Waals surface area contributed by atoms with Crippen LogP contribution in [-0.4, -0.2) is 106 Å². The molecule has 0 atom stereocenters. The van der Waals surface area contributed by atoms with Crippen molar-refractivity contribution in [2.24, 2.45) is 11.5 Å². The molecule has 0 unspecified atom stereocenters. The summed E-state index contributed by atoms with van der Waals surface area (Å²) >= 11 is 0. The van der Waals surface area contributed by atoms with Crippen LogP contribution in [0.3, 0.4) is 0 Å². The summed E-state index contributed by atoms with van der Waals surface area (Å²) in [6.07, 6.45) is 0.637. The Morgan fingerprint density at radius 3 is 1.55 bits per heavy atom. The van der Waals surface area contributed by atoms with Crippen molar-refractivity contribution in [1.29, 1.82) is 10.8 Å². The summed E-state index contributed by atoms with van der Waals surface area (Å²) in [6, 6.07) is 12.0. The van der Waals surface area contributed by atoms with Gasteiger partial charge in [-0.15, -0.1) is 10.2 Å². The molecule has 0 saturated heterocycles. The zero-order valence-corrected chi connectivity index (χ0v) is 26.9. The van der Waals surface area contributed by atoms with E-state index in [0.29, 0.717) is 49.3 Å². The molecular weight excluding hydrogens is 647 g/mol. The van der Waals surface area contributed by atoms with E-state index < -0.39 is 12.1 Å². The maximum Gasteiger partial charge on any atom is 0.490 e. The van der Waals surface area contributed by atoms with E-state index in [4.69, 9.17) is 41.7 Å². The number of nitrogens with one attached hydrogen (secondary N) is 2. The molecule has 0 radical (unpaired) electrons. The van der Waals surface area contributed by atoms with Gasteiger partial charge in [0.1, 0.15) is 11.5 Å². The molecule has 3 aromatic rings. The van der Waals surface area contributed by atoms with E-state index in [9.17, 15) is 18.3 Å². The maximum atomic E-state index is 10.6. The van der Waals surface area contributed by atoms with Gasteiger partial charge in [-0.05, 0) is 59.4 Å². The molecule has 8 N–H and O–H groups in total. The van der Waals surface area contributed by atoms with Gasteiger partial charge in [0.15, 0.2) is 23.6 Å². The number of alkyl halides is 3. The number of rotatable bonds is 8. The normalized spacial score (nSPS) is 14.7. The van der Waals surface area contributed by atoms with Crippen molar-refractivity contribution in [3.63, 3.8) is 0 Å². The lowest BCUT2D eigenvalue weighted by Crippen LogP contribution is -2.39. The Kier molecular flexibility index (Phi) is 11.5. The number of guanidine groups is 2. The maximum absolute atomic E-state index is 10.6. The Hall–Kier alpha value is -5.58. The van der Waals surface area contributed by atoms with E-state index in [0.717, 1.165) is 35.1 Å². The molecule has 17 heteroatoms. The number of methoxy groups -OCH3 is 2. The summed E-state index contributed by atoms with van der Waals surface area (Å²) in [5, 5.41) is 41.5. The molecule has 0 fully saturated rings. The van der Waals surface area contributed by atoms with E-state index >= 15 is 0 Å². The quantitative estimate of drug-likeness (QED) is 0.150. The van der Waals surface area contributed by atoms with E-state index in [1.54, 1.807) is 14.2 Å². The Morgan fingerprint density at radius 2 is 1.27 bits per heavy atom. The first-order chi connectivity index (χ1) is 23.3. The average Bonchev–Trinajstić information content (AvgIpc) is 3.50. The number of aliphatic hydroxyl groups is 1. The topological polar surface area (TPSA) is 213 Å². The van der Waals surface area contributed by atoms with Crippen molar-refractivity contribution in [2.45, 2.75) is 25.6 Å². The van der Waals surface area contributed by atoms with Gasteiger partial charge in [0.05, 0.1) is 32.0 Å². The molecule has 2 aliphatic rings. The molecule has 0 bridgehead atoms. The lowest BCUT2D eigenvalue weighted by Gasteiger charge is -2.27. The molecule has 5 rings (SSSR count). The molecule has 0 spiro atoms. The van der Waals surface area contributed by atoms with E-state index in [1.807, 2.05) is 50.8 Å². The van der Waals surface area contributed by atoms with Crippen molar-refractivity contribution in [2.75, 3.05) is 47.0 Å². The number of nitrogens with zero attached hydrogens (tertiary/aromatic N) is 5. The molecule has 262 valence electrons. The van der Waals surface area contributed by atoms with Gasteiger partial charge in [-0.1, -0.05) is 24.3 Å². The number of carbonyl (C=O) groups is 1. The second-order valence-corrected chi connectivity index (χ2v) is 11.0. The van der Waals surface area contributed by atoms with Crippen LogP contribution in [0.5, 0.6) is 11.5 Å². The zero-order chi connectivity index (χ0) is 35.9. The number of ether oxygens (including phenoxy) is 2. The third kappa shape index (κ3) is 8.48. The van der Waals surface area contributed by atoms with Crippen LogP contribution in [0.1, 0.15) is 24.0 Å². The van der Waals surface area contributed by atoms with Gasteiger partial charge < -0.3 is 45.5 Å². The van der Waals surface area contributed by atoms with E-state index in [2.05, 4.69) is 22.3 Å². The van der Waals surface area contributed by atoms with Crippen LogP contribution in [0.15, 0.2) is 48.6 Å². The monoisotopic (exact) mass is 685 g/mol. The number of benzene rings is 2. The average molecular weight is 686 g/mol. The Morgan fingerprint density at radius 1 is 0.857 bits per heavy atom. The molecule has 2 aliphatic heterocycles. The number of hydrogen-bond donors (Lipinski definition) is 6. The predicted octanol–water partition coefficient (Wildman–Crippen LogP) is 3.22. The Bertz CT molecular complexity index is 1660. The SMILES string of the molecule is COc1cc(C2=CCN(C(=N)N)CC2)ccc1-c1nnc(-c2ccc(C3=CCN(C(=N)N)CC3)cc2OC)n1CCO.O=C(O)C(F)(F)F. The van der Waals surface area contributed by atoms with Crippen LogP contribution < -0.4 is 20.9 Å². The van der Waals surface area contributed by atoms with Gasteiger partial charge in [-0.25, -0.2) is 4.79 Å². The highest BCUT2D eigenvalue weighted by atomic mass is 19.4. The van der Waals surface area contributed by atoms with Crippen molar-refractivity contribution in [3.8, 4) is 34.3 Å². The number of hydrogen-bond acceptors (Lipinski definition) is 8. The van der Waals surface area contributed by atoms with Crippen molar-refractivity contribution in [3.05, 3.63) is 59.7 Å². The zero-order valence-electron chi connectivity index (χ0n) is 26.9. The fourth-order valence-electron chi connectivity index (χ4n) is 5.46. The van der Waals surface area contributed by atoms with Crippen LogP contribution in [-0.2, 0) is 11.3 Å². The molecule has 2 aromatic carbocycles. The minimum atomic E-state index is -5.08. The summed E-state index contributed by atoms with van der Waals surface area (Å²) in [5.41, 5.74) is 17.2. The van der Waals surface area contributed by atoms with Gasteiger partial charge in [0.2, 0.25) is 0 Å². The summed E-state index contributed by atoms with van der Waals surface area (Å²) in [7, 11) is 3.25. The lowest BCUT2D eigenvalue weighted by atomic mass is 9.97. The molecular formula is C32H38F3N9O5. The van der Waals surface area contributed by atoms with Crippen molar-refractivity contribution < 1.29 is 37.7 Å². The molecule has 0 amide bonds. The number of aliphatic carboxylic acids is 1. The second-order valence-electron chi connectivity index (χ2n) is 11.0. The van der Waals surface area contributed by atoms with Gasteiger partial charge in [-0.3, -0.25) is 10.8 Å². The van der Waals surface area contributed by atoms with Crippen LogP contribution in [0.4, 0.5) is 13.2 Å². The number of carboxylic acids is 1. The fourth-order valence-corrected chi connectivity index (χ4v) is 5.46. The van der Waals surface area contributed by atoms with Crippen LogP contribution >= 0.6 is 0 Å². The molecule has 14 nitrogen and oxygen atoms in total. The first-order valence-electron chi connectivity index (χ1n) is 15.1. The molecule has 0 aliphatic carbocycles. The molecule has 1 aromatic heterocycles.